The third-order valence-electron chi connectivity index (χ3n) is 3.88. The summed E-state index contributed by atoms with van der Waals surface area (Å²) in [6.07, 6.45) is 0. The first-order valence-electron chi connectivity index (χ1n) is 8.94. The van der Waals surface area contributed by atoms with Crippen molar-refractivity contribution in [3.63, 3.8) is 0 Å². The number of hydrogen-bond donors (Lipinski definition) is 2. The highest BCUT2D eigenvalue weighted by molar-refractivity contribution is 7.89. The lowest BCUT2D eigenvalue weighted by Crippen LogP contribution is -2.35. The van der Waals surface area contributed by atoms with Gasteiger partial charge in [-0.25, -0.2) is 13.1 Å². The van der Waals surface area contributed by atoms with E-state index in [1.54, 1.807) is 45.2 Å². The minimum absolute atomic E-state index is 0.00636. The Bertz CT molecular complexity index is 972. The number of carbonyl (C=O) groups is 2. The highest BCUT2D eigenvalue weighted by Gasteiger charge is 2.20. The van der Waals surface area contributed by atoms with Gasteiger partial charge in [-0.1, -0.05) is 6.07 Å². The number of hydrogen-bond acceptors (Lipinski definition) is 5. The van der Waals surface area contributed by atoms with Crippen molar-refractivity contribution >= 4 is 27.5 Å². The molecule has 29 heavy (non-hydrogen) atoms. The van der Waals surface area contributed by atoms with Gasteiger partial charge in [0.25, 0.3) is 5.91 Å². The van der Waals surface area contributed by atoms with Crippen LogP contribution in [-0.4, -0.2) is 51.9 Å². The van der Waals surface area contributed by atoms with Crippen LogP contribution >= 0.6 is 0 Å². The number of likely N-dealkylation sites (N-methyl/N-ethyl adjacent to an activating group) is 1. The van der Waals surface area contributed by atoms with E-state index in [1.807, 2.05) is 0 Å². The topological polar surface area (TPSA) is 105 Å². The number of anilines is 1. The van der Waals surface area contributed by atoms with Gasteiger partial charge in [-0.2, -0.15) is 0 Å². The SMILES string of the molecule is COc1ccc(NC(=O)CN(C)C(=O)c2cccc(S(=O)(=O)NC(C)C)c2)cc1. The molecule has 9 heteroatoms. The lowest BCUT2D eigenvalue weighted by Gasteiger charge is -2.17. The van der Waals surface area contributed by atoms with Gasteiger partial charge < -0.3 is 15.0 Å². The van der Waals surface area contributed by atoms with Crippen molar-refractivity contribution in [3.05, 3.63) is 54.1 Å². The van der Waals surface area contributed by atoms with Crippen molar-refractivity contribution in [3.8, 4) is 5.75 Å². The first-order chi connectivity index (χ1) is 13.6. The maximum absolute atomic E-state index is 12.6. The van der Waals surface area contributed by atoms with Gasteiger partial charge in [0.2, 0.25) is 15.9 Å². The van der Waals surface area contributed by atoms with Gasteiger partial charge >= 0.3 is 0 Å². The molecule has 0 saturated carbocycles. The van der Waals surface area contributed by atoms with Gasteiger partial charge in [0.1, 0.15) is 5.75 Å². The summed E-state index contributed by atoms with van der Waals surface area (Å²) in [6, 6.07) is 12.2. The Morgan fingerprint density at radius 3 is 2.34 bits per heavy atom. The number of benzene rings is 2. The molecule has 0 aliphatic rings. The van der Waals surface area contributed by atoms with Gasteiger partial charge in [-0.05, 0) is 56.3 Å². The number of nitrogens with zero attached hydrogens (tertiary/aromatic N) is 1. The van der Waals surface area contributed by atoms with Crippen LogP contribution in [-0.2, 0) is 14.8 Å². The van der Waals surface area contributed by atoms with E-state index in [2.05, 4.69) is 10.0 Å². The Morgan fingerprint density at radius 2 is 1.76 bits per heavy atom. The maximum Gasteiger partial charge on any atom is 0.254 e. The van der Waals surface area contributed by atoms with Crippen LogP contribution < -0.4 is 14.8 Å². The van der Waals surface area contributed by atoms with Crippen LogP contribution in [0.15, 0.2) is 53.4 Å². The number of amides is 2. The van der Waals surface area contributed by atoms with E-state index in [4.69, 9.17) is 4.74 Å². The molecule has 0 bridgehead atoms. The zero-order valence-corrected chi connectivity index (χ0v) is 17.6. The largest absolute Gasteiger partial charge is 0.497 e. The van der Waals surface area contributed by atoms with Crippen LogP contribution in [0.2, 0.25) is 0 Å². The minimum Gasteiger partial charge on any atom is -0.497 e. The van der Waals surface area contributed by atoms with Crippen molar-refractivity contribution in [2.75, 3.05) is 26.0 Å². The summed E-state index contributed by atoms with van der Waals surface area (Å²) in [6.45, 7) is 3.23. The van der Waals surface area contributed by atoms with Crippen molar-refractivity contribution in [1.82, 2.24) is 9.62 Å². The molecule has 8 nitrogen and oxygen atoms in total. The molecular formula is C20H25N3O5S. The number of rotatable bonds is 8. The molecule has 0 atom stereocenters. The van der Waals surface area contributed by atoms with Gasteiger partial charge in [-0.15, -0.1) is 0 Å². The van der Waals surface area contributed by atoms with E-state index < -0.39 is 15.9 Å². The van der Waals surface area contributed by atoms with E-state index in [-0.39, 0.29) is 29.0 Å². The Kier molecular flexibility index (Phi) is 7.35. The molecule has 0 unspecified atom stereocenters. The zero-order chi connectivity index (χ0) is 21.6. The number of nitrogens with one attached hydrogen (secondary N) is 2. The summed E-state index contributed by atoms with van der Waals surface area (Å²) >= 11 is 0. The second-order valence-corrected chi connectivity index (χ2v) is 8.46. The predicted molar refractivity (Wildman–Crippen MR) is 110 cm³/mol. The standard InChI is InChI=1S/C20H25N3O5S/c1-14(2)22-29(26,27)18-7-5-6-15(12-18)20(25)23(3)13-19(24)21-16-8-10-17(28-4)11-9-16/h5-12,14,22H,13H2,1-4H3,(H,21,24). The summed E-state index contributed by atoms with van der Waals surface area (Å²) in [7, 11) is -0.696. The predicted octanol–water partition coefficient (Wildman–Crippen LogP) is 2.09. The molecular weight excluding hydrogens is 394 g/mol. The molecule has 156 valence electrons. The lowest BCUT2D eigenvalue weighted by atomic mass is 10.2. The normalized spacial score (nSPS) is 11.2. The van der Waals surface area contributed by atoms with Crippen molar-refractivity contribution < 1.29 is 22.7 Å². The van der Waals surface area contributed by atoms with E-state index in [0.717, 1.165) is 0 Å². The monoisotopic (exact) mass is 419 g/mol. The third kappa shape index (κ3) is 6.30. The first-order valence-corrected chi connectivity index (χ1v) is 10.4. The average molecular weight is 420 g/mol. The molecule has 0 aliphatic heterocycles. The van der Waals surface area contributed by atoms with E-state index in [1.165, 1.54) is 36.2 Å². The summed E-state index contributed by atoms with van der Waals surface area (Å²) in [5, 5.41) is 2.69. The maximum atomic E-state index is 12.6. The Hall–Kier alpha value is -2.91. The summed E-state index contributed by atoms with van der Waals surface area (Å²) in [5.74, 6) is -0.176. The van der Waals surface area contributed by atoms with Crippen LogP contribution in [0.3, 0.4) is 0 Å². The molecule has 0 saturated heterocycles. The molecule has 0 aromatic heterocycles. The van der Waals surface area contributed by atoms with Crippen LogP contribution in [0.1, 0.15) is 24.2 Å². The van der Waals surface area contributed by atoms with Crippen LogP contribution in [0, 0.1) is 0 Å². The molecule has 0 aliphatic carbocycles. The lowest BCUT2D eigenvalue weighted by molar-refractivity contribution is -0.116. The highest BCUT2D eigenvalue weighted by atomic mass is 32.2. The average Bonchev–Trinajstić information content (AvgIpc) is 2.67. The number of carbonyl (C=O) groups excluding carboxylic acids is 2. The van der Waals surface area contributed by atoms with Crippen molar-refractivity contribution in [1.29, 1.82) is 0 Å². The van der Waals surface area contributed by atoms with Gasteiger partial charge in [0, 0.05) is 24.3 Å². The fourth-order valence-electron chi connectivity index (χ4n) is 2.56. The van der Waals surface area contributed by atoms with E-state index >= 15 is 0 Å². The van der Waals surface area contributed by atoms with E-state index in [0.29, 0.717) is 11.4 Å². The minimum atomic E-state index is -3.72. The molecule has 0 spiro atoms. The summed E-state index contributed by atoms with van der Waals surface area (Å²) < 4.78 is 32.1. The van der Waals surface area contributed by atoms with Crippen LogP contribution in [0.4, 0.5) is 5.69 Å². The third-order valence-corrected chi connectivity index (χ3v) is 5.54. The van der Waals surface area contributed by atoms with E-state index in [9.17, 15) is 18.0 Å². The zero-order valence-electron chi connectivity index (χ0n) is 16.8. The molecule has 0 heterocycles. The molecule has 0 fully saturated rings. The van der Waals surface area contributed by atoms with Gasteiger partial charge in [-0.3, -0.25) is 9.59 Å². The first kappa shape index (κ1) is 22.4. The Labute approximate surface area is 170 Å². The van der Waals surface area contributed by atoms with Crippen molar-refractivity contribution in [2.45, 2.75) is 24.8 Å². The van der Waals surface area contributed by atoms with Gasteiger partial charge in [0.15, 0.2) is 0 Å². The Morgan fingerprint density at radius 1 is 1.10 bits per heavy atom. The smallest absolute Gasteiger partial charge is 0.254 e. The van der Waals surface area contributed by atoms with Crippen LogP contribution in [0.5, 0.6) is 5.75 Å². The highest BCUT2D eigenvalue weighted by Crippen LogP contribution is 2.16. The quantitative estimate of drug-likeness (QED) is 0.682. The summed E-state index contributed by atoms with van der Waals surface area (Å²) in [4.78, 5) is 26.1. The molecule has 2 rings (SSSR count). The van der Waals surface area contributed by atoms with Crippen LogP contribution in [0.25, 0.3) is 0 Å². The number of methoxy groups -OCH3 is 1. The second kappa shape index (κ2) is 9.53. The molecule has 0 radical (unpaired) electrons. The van der Waals surface area contributed by atoms with Crippen molar-refractivity contribution in [2.24, 2.45) is 0 Å². The summed E-state index contributed by atoms with van der Waals surface area (Å²) in [5.41, 5.74) is 0.751. The molecule has 2 aromatic rings. The number of ether oxygens (including phenoxy) is 1. The molecule has 2 aromatic carbocycles. The fourth-order valence-corrected chi connectivity index (χ4v) is 3.85. The fraction of sp³-hybridized carbons (Fsp3) is 0.300. The number of sulfonamides is 1. The molecule has 2 N–H and O–H groups in total. The second-order valence-electron chi connectivity index (χ2n) is 6.74. The Balaban J connectivity index is 2.05. The molecule has 2 amide bonds. The van der Waals surface area contributed by atoms with Gasteiger partial charge in [0.05, 0.1) is 18.6 Å².